The molecule has 24 atom stereocenters. The summed E-state index contributed by atoms with van der Waals surface area (Å²) in [7, 11) is 0. The van der Waals surface area contributed by atoms with Crippen molar-refractivity contribution in [3.05, 3.63) is 11.6 Å². The van der Waals surface area contributed by atoms with E-state index in [0.717, 1.165) is 31.3 Å². The Bertz CT molecular complexity index is 1720. The molecule has 0 amide bonds. The van der Waals surface area contributed by atoms with E-state index in [0.29, 0.717) is 32.1 Å². The van der Waals surface area contributed by atoms with Crippen molar-refractivity contribution in [3.8, 4) is 0 Å². The zero-order valence-corrected chi connectivity index (χ0v) is 39.9. The molecule has 3 saturated heterocycles. The zero-order chi connectivity index (χ0) is 48.6. The van der Waals surface area contributed by atoms with Gasteiger partial charge in [0.05, 0.1) is 31.5 Å². The molecule has 18 nitrogen and oxygen atoms in total. The smallest absolute Gasteiger partial charge is 0.187 e. The van der Waals surface area contributed by atoms with Gasteiger partial charge in [0.25, 0.3) is 0 Å². The molecule has 11 N–H and O–H groups in total. The number of fused-ring (bicyclic) bond motifs is 5. The van der Waals surface area contributed by atoms with Gasteiger partial charge in [0.15, 0.2) is 18.9 Å². The van der Waals surface area contributed by atoms with Crippen LogP contribution in [0.1, 0.15) is 113 Å². The molecule has 7 fully saturated rings. The van der Waals surface area contributed by atoms with E-state index in [1.165, 1.54) is 0 Å². The van der Waals surface area contributed by atoms with Crippen LogP contribution in [0.3, 0.4) is 0 Å². The lowest BCUT2D eigenvalue weighted by Crippen LogP contribution is -2.67. The van der Waals surface area contributed by atoms with Crippen LogP contribution in [0.4, 0.5) is 0 Å². The van der Waals surface area contributed by atoms with E-state index in [9.17, 15) is 56.2 Å². The fourth-order valence-corrected chi connectivity index (χ4v) is 14.5. The molecular weight excluding hydrogens is 865 g/mol. The Balaban J connectivity index is 1.11. The van der Waals surface area contributed by atoms with Gasteiger partial charge in [-0.1, -0.05) is 46.3 Å². The van der Waals surface area contributed by atoms with E-state index in [2.05, 4.69) is 40.7 Å². The minimum Gasteiger partial charge on any atom is -0.394 e. The largest absolute Gasteiger partial charge is 0.394 e. The predicted octanol–water partition coefficient (Wildman–Crippen LogP) is 0.181. The van der Waals surface area contributed by atoms with Gasteiger partial charge >= 0.3 is 0 Å². The molecule has 4 saturated carbocycles. The second-order valence-electron chi connectivity index (χ2n) is 22.8. The molecule has 66 heavy (non-hydrogen) atoms. The fourth-order valence-electron chi connectivity index (χ4n) is 14.5. The lowest BCUT2D eigenvalue weighted by atomic mass is 9.35. The number of ketones is 1. The number of rotatable bonds is 13. The van der Waals surface area contributed by atoms with Gasteiger partial charge in [0.1, 0.15) is 79.0 Å². The highest BCUT2D eigenvalue weighted by Gasteiger charge is 2.72. The monoisotopic (exact) mass is 945 g/mol. The van der Waals surface area contributed by atoms with E-state index in [1.807, 2.05) is 20.8 Å². The topological polar surface area (TPSA) is 295 Å². The van der Waals surface area contributed by atoms with Gasteiger partial charge in [-0.25, -0.2) is 0 Å². The van der Waals surface area contributed by atoms with Gasteiger partial charge in [0, 0.05) is 12.3 Å². The number of carbonyl (C=O) groups excluding carboxylic acids is 1. The van der Waals surface area contributed by atoms with E-state index in [-0.39, 0.29) is 40.5 Å². The summed E-state index contributed by atoms with van der Waals surface area (Å²) in [5, 5.41) is 116. The Morgan fingerprint density at radius 2 is 1.20 bits per heavy atom. The predicted molar refractivity (Wildman–Crippen MR) is 233 cm³/mol. The number of carbonyl (C=O) groups is 1. The van der Waals surface area contributed by atoms with Crippen LogP contribution in [0.25, 0.3) is 0 Å². The average Bonchev–Trinajstić information content (AvgIpc) is 3.65. The molecule has 0 spiro atoms. The maximum atomic E-state index is 15.2. The number of aliphatic hydroxyl groups is 11. The second-order valence-corrected chi connectivity index (χ2v) is 22.8. The number of ether oxygens (including phenoxy) is 6. The molecule has 0 aromatic carbocycles. The van der Waals surface area contributed by atoms with Crippen LogP contribution in [0, 0.1) is 45.3 Å². The minimum atomic E-state index is -1.74. The Morgan fingerprint density at radius 3 is 1.79 bits per heavy atom. The summed E-state index contributed by atoms with van der Waals surface area (Å²) in [4.78, 5) is 15.2. The third-order valence-electron chi connectivity index (χ3n) is 18.6. The first-order chi connectivity index (χ1) is 30.8. The molecule has 0 aromatic heterocycles. The molecule has 380 valence electrons. The second kappa shape index (κ2) is 19.4. The molecule has 18 heteroatoms. The summed E-state index contributed by atoms with van der Waals surface area (Å²) >= 11 is 0. The van der Waals surface area contributed by atoms with Crippen molar-refractivity contribution in [2.45, 2.75) is 217 Å². The molecule has 0 aromatic rings. The lowest BCUT2D eigenvalue weighted by molar-refractivity contribution is -0.348. The van der Waals surface area contributed by atoms with Gasteiger partial charge in [-0.15, -0.1) is 0 Å². The first-order valence-corrected chi connectivity index (χ1v) is 24.2. The van der Waals surface area contributed by atoms with E-state index >= 15 is 4.79 Å². The molecule has 7 aliphatic rings. The van der Waals surface area contributed by atoms with E-state index < -0.39 is 134 Å². The van der Waals surface area contributed by atoms with E-state index in [1.54, 1.807) is 0 Å². The van der Waals surface area contributed by atoms with E-state index in [4.69, 9.17) is 28.4 Å². The summed E-state index contributed by atoms with van der Waals surface area (Å²) in [5.41, 5.74) is -1.39. The van der Waals surface area contributed by atoms with Crippen LogP contribution in [-0.4, -0.2) is 186 Å². The molecule has 3 aliphatic heterocycles. The minimum absolute atomic E-state index is 0.0335. The van der Waals surface area contributed by atoms with Crippen molar-refractivity contribution in [2.24, 2.45) is 45.3 Å². The van der Waals surface area contributed by atoms with Crippen molar-refractivity contribution in [2.75, 3.05) is 19.8 Å². The first kappa shape index (κ1) is 52.6. The molecular formula is C48H80O18. The normalized spacial score (nSPS) is 51.3. The number of allylic oxidation sites excluding steroid dienone is 2. The number of aliphatic hydroxyl groups excluding tert-OH is 11. The Kier molecular flexibility index (Phi) is 15.4. The standard InChI is InChI=1S/C48H80O18/c1-22(2)10-9-14-48(8,66-43-40(60)37(57)34(54)27(64-43)21-61-41-38(58)35(55)32(52)25(19-49)62-41)23-11-16-47(7)31(23)24(51)18-29-45(5)15-13-30(44(3,4)28(45)12-17-46(29,47)6)65-42-39(59)36(56)33(53)26(20-50)63-42/h10,23,25-43,49-50,52-60H,9,11-21H2,1-8H3/t23?,25?,26?,27?,28?,29?,30?,31?,32?,33?,34?,35?,36?,37?,38?,39?,40?,41?,42?,43?,45-,46+,47+,48-/m0/s1. The van der Waals surface area contributed by atoms with Crippen molar-refractivity contribution in [3.63, 3.8) is 0 Å². The SMILES string of the molecule is CC(C)=CCC[C@](C)(OC1OC(COC2OC(CO)C(O)C(O)C2O)C(O)C(O)C1O)C1CC[C@]2(C)C1C(=O)CC1[C@@]3(C)CCC(OC4OC(CO)C(O)C(O)C4O)C(C)(C)C3CC[C@]12C. The highest BCUT2D eigenvalue weighted by molar-refractivity contribution is 5.84. The lowest BCUT2D eigenvalue weighted by Gasteiger charge is -2.69. The molecule has 4 aliphatic carbocycles. The van der Waals surface area contributed by atoms with Crippen LogP contribution < -0.4 is 0 Å². The van der Waals surface area contributed by atoms with Crippen molar-refractivity contribution < 1.29 is 89.4 Å². The highest BCUT2D eigenvalue weighted by Crippen LogP contribution is 2.75. The summed E-state index contributed by atoms with van der Waals surface area (Å²) in [6, 6.07) is 0. The Morgan fingerprint density at radius 1 is 0.667 bits per heavy atom. The van der Waals surface area contributed by atoms with Crippen LogP contribution >= 0.6 is 0 Å². The third kappa shape index (κ3) is 8.81. The molecule has 0 bridgehead atoms. The highest BCUT2D eigenvalue weighted by atomic mass is 16.7. The first-order valence-electron chi connectivity index (χ1n) is 24.2. The van der Waals surface area contributed by atoms with Gasteiger partial charge in [-0.2, -0.15) is 0 Å². The molecule has 0 radical (unpaired) electrons. The number of Topliss-reactive ketones (excluding diaryl/α,β-unsaturated/α-hetero) is 1. The van der Waals surface area contributed by atoms with Crippen LogP contribution in [-0.2, 0) is 33.2 Å². The number of hydrogen-bond donors (Lipinski definition) is 11. The molecule has 7 rings (SSSR count). The molecule has 20 unspecified atom stereocenters. The van der Waals surface area contributed by atoms with Crippen LogP contribution in [0.5, 0.6) is 0 Å². The van der Waals surface area contributed by atoms with Crippen molar-refractivity contribution >= 4 is 5.78 Å². The summed E-state index contributed by atoms with van der Waals surface area (Å²) in [6.45, 7) is 15.5. The van der Waals surface area contributed by atoms with Gasteiger partial charge in [-0.05, 0) is 112 Å². The average molecular weight is 945 g/mol. The maximum absolute atomic E-state index is 15.2. The Hall–Kier alpha value is -1.27. The van der Waals surface area contributed by atoms with Gasteiger partial charge < -0.3 is 84.6 Å². The van der Waals surface area contributed by atoms with Crippen LogP contribution in [0.2, 0.25) is 0 Å². The quantitative estimate of drug-likeness (QED) is 0.0867. The summed E-state index contributed by atoms with van der Waals surface area (Å²) in [5.74, 6) is -0.405. The van der Waals surface area contributed by atoms with Crippen molar-refractivity contribution in [1.82, 2.24) is 0 Å². The van der Waals surface area contributed by atoms with Crippen LogP contribution in [0.15, 0.2) is 11.6 Å². The van der Waals surface area contributed by atoms with Gasteiger partial charge in [0.2, 0.25) is 0 Å². The third-order valence-corrected chi connectivity index (χ3v) is 18.6. The van der Waals surface area contributed by atoms with Gasteiger partial charge in [-0.3, -0.25) is 4.79 Å². The summed E-state index contributed by atoms with van der Waals surface area (Å²) < 4.78 is 36.5. The van der Waals surface area contributed by atoms with Crippen molar-refractivity contribution in [1.29, 1.82) is 0 Å². The summed E-state index contributed by atoms with van der Waals surface area (Å²) in [6.07, 6.45) is -15.0. The molecule has 3 heterocycles. The fraction of sp³-hybridized carbons (Fsp3) is 0.938. The number of hydrogen-bond acceptors (Lipinski definition) is 18. The Labute approximate surface area is 388 Å². The zero-order valence-electron chi connectivity index (χ0n) is 39.9. The maximum Gasteiger partial charge on any atom is 0.187 e.